The SMILES string of the molecule is [2H]C([2H])([2H])c1cccc(C)c1B1c2ccccc2B(c2c(C([2H])([2H])[2H])cccc2C([2H])([2H])[2H])c2cc(-c3n(-c4c(C)cccc4C)cc[n+]3C)c(C)cc21. The van der Waals surface area contributed by atoms with Gasteiger partial charge in [0, 0.05) is 12.3 Å². The fourth-order valence-electron chi connectivity index (χ4n) is 7.59. The van der Waals surface area contributed by atoms with Gasteiger partial charge in [0.15, 0.2) is 0 Å². The van der Waals surface area contributed by atoms with Crippen molar-refractivity contribution in [3.05, 3.63) is 142 Å². The van der Waals surface area contributed by atoms with Gasteiger partial charge in [-0.2, -0.15) is 4.57 Å². The van der Waals surface area contributed by atoms with Crippen LogP contribution in [0.5, 0.6) is 0 Å². The highest BCUT2D eigenvalue weighted by Crippen LogP contribution is 2.27. The van der Waals surface area contributed by atoms with E-state index in [2.05, 4.69) is 47.2 Å². The lowest BCUT2D eigenvalue weighted by molar-refractivity contribution is -0.659. The summed E-state index contributed by atoms with van der Waals surface area (Å²) in [5.74, 6) is 0.890. The number of aryl methyl sites for hydroxylation is 8. The van der Waals surface area contributed by atoms with E-state index in [0.717, 1.165) is 61.2 Å². The molecule has 5 aromatic carbocycles. The van der Waals surface area contributed by atoms with Gasteiger partial charge in [-0.25, -0.2) is 4.57 Å². The van der Waals surface area contributed by atoms with E-state index in [1.54, 1.807) is 12.1 Å². The van der Waals surface area contributed by atoms with Gasteiger partial charge in [0.2, 0.25) is 13.4 Å². The van der Waals surface area contributed by atoms with Crippen LogP contribution in [0.4, 0.5) is 0 Å². The van der Waals surface area contributed by atoms with E-state index in [1.807, 2.05) is 69.7 Å². The third kappa shape index (κ3) is 4.62. The average Bonchev–Trinajstić information content (AvgIpc) is 3.45. The van der Waals surface area contributed by atoms with Gasteiger partial charge >= 0.3 is 0 Å². The maximum Gasteiger partial charge on any atom is 0.294 e. The first-order valence-corrected chi connectivity index (χ1v) is 15.4. The maximum absolute atomic E-state index is 8.66. The van der Waals surface area contributed by atoms with Crippen LogP contribution in [0, 0.1) is 48.3 Å². The largest absolute Gasteiger partial charge is 0.294 e. The first kappa shape index (κ1) is 20.5. The number of benzene rings is 5. The molecule has 45 heavy (non-hydrogen) atoms. The number of hydrogen-bond donors (Lipinski definition) is 0. The lowest BCUT2D eigenvalue weighted by atomic mass is 9.20. The summed E-state index contributed by atoms with van der Waals surface area (Å²) in [4.78, 5) is 0. The summed E-state index contributed by atoms with van der Waals surface area (Å²) in [5.41, 5.74) is 10.1. The van der Waals surface area contributed by atoms with Gasteiger partial charge < -0.3 is 0 Å². The molecule has 0 aliphatic carbocycles. The number of para-hydroxylation sites is 1. The summed E-state index contributed by atoms with van der Waals surface area (Å²) in [6.45, 7) is -0.865. The molecule has 0 N–H and O–H groups in total. The Morgan fingerprint density at radius 2 is 1.04 bits per heavy atom. The van der Waals surface area contributed by atoms with Gasteiger partial charge in [0.05, 0.1) is 12.6 Å². The van der Waals surface area contributed by atoms with Crippen LogP contribution in [0.2, 0.25) is 0 Å². The first-order valence-electron chi connectivity index (χ1n) is 19.9. The lowest BCUT2D eigenvalue weighted by Crippen LogP contribution is -2.76. The predicted molar refractivity (Wildman–Crippen MR) is 194 cm³/mol. The van der Waals surface area contributed by atoms with Crippen molar-refractivity contribution in [2.75, 3.05) is 0 Å². The van der Waals surface area contributed by atoms with Crippen LogP contribution >= 0.6 is 0 Å². The fraction of sp³-hybridized carbons (Fsp3) is 0.195. The van der Waals surface area contributed by atoms with E-state index in [4.69, 9.17) is 12.3 Å². The van der Waals surface area contributed by atoms with Crippen molar-refractivity contribution in [3.63, 3.8) is 0 Å². The quantitative estimate of drug-likeness (QED) is 0.211. The van der Waals surface area contributed by atoms with Crippen LogP contribution in [0.15, 0.2) is 103 Å². The Hall–Kier alpha value is -4.56. The minimum Gasteiger partial charge on any atom is -0.232 e. The second-order valence-corrected chi connectivity index (χ2v) is 12.4. The second-order valence-electron chi connectivity index (χ2n) is 12.4. The Kier molecular flexibility index (Phi) is 5.05. The summed E-state index contributed by atoms with van der Waals surface area (Å²) >= 11 is 0. The van der Waals surface area contributed by atoms with Crippen LogP contribution in [0.3, 0.4) is 0 Å². The molecule has 1 aliphatic rings. The Balaban J connectivity index is 1.65. The minimum atomic E-state index is -2.62. The lowest BCUT2D eigenvalue weighted by Gasteiger charge is -2.35. The molecule has 0 amide bonds. The van der Waals surface area contributed by atoms with E-state index in [-0.39, 0.29) is 22.2 Å². The van der Waals surface area contributed by atoms with E-state index >= 15 is 0 Å². The Labute approximate surface area is 282 Å². The molecule has 2 nitrogen and oxygen atoms in total. The molecule has 7 rings (SSSR count). The van der Waals surface area contributed by atoms with Gasteiger partial charge in [-0.15, -0.1) is 0 Å². The van der Waals surface area contributed by atoms with Gasteiger partial charge in [0.25, 0.3) is 5.82 Å². The molecule has 0 fully saturated rings. The molecule has 4 heteroatoms. The fourth-order valence-corrected chi connectivity index (χ4v) is 7.59. The van der Waals surface area contributed by atoms with Crippen LogP contribution in [-0.4, -0.2) is 18.0 Å². The normalized spacial score (nSPS) is 16.2. The zero-order chi connectivity index (χ0) is 39.1. The van der Waals surface area contributed by atoms with E-state index in [0.29, 0.717) is 5.46 Å². The molecule has 0 unspecified atom stereocenters. The monoisotopic (exact) mass is 592 g/mol. The number of imidazole rings is 1. The summed E-state index contributed by atoms with van der Waals surface area (Å²) in [5, 5.41) is 0. The smallest absolute Gasteiger partial charge is 0.232 e. The molecule has 220 valence electrons. The molecule has 0 saturated heterocycles. The van der Waals surface area contributed by atoms with Gasteiger partial charge in [0.1, 0.15) is 18.1 Å². The third-order valence-electron chi connectivity index (χ3n) is 9.60. The molecule has 1 aromatic heterocycles. The molecule has 0 radical (unpaired) electrons. The Morgan fingerprint density at radius 1 is 0.556 bits per heavy atom. The Bertz CT molecular complexity index is 2390. The molecule has 0 spiro atoms. The highest BCUT2D eigenvalue weighted by Gasteiger charge is 2.41. The van der Waals surface area contributed by atoms with E-state index < -0.39 is 34.0 Å². The van der Waals surface area contributed by atoms with Crippen molar-refractivity contribution in [3.8, 4) is 17.1 Å². The summed E-state index contributed by atoms with van der Waals surface area (Å²) in [6, 6.07) is 28.0. The molecule has 1 aliphatic heterocycles. The van der Waals surface area contributed by atoms with Crippen LogP contribution < -0.4 is 37.3 Å². The number of rotatable bonds is 4. The van der Waals surface area contributed by atoms with Gasteiger partial charge in [-0.05, 0) is 64.9 Å². The molecular formula is C41H41B2N2+. The summed E-state index contributed by atoms with van der Waals surface area (Å²) in [6.07, 6.45) is 4.04. The van der Waals surface area contributed by atoms with Crippen LogP contribution in [0.1, 0.15) is 51.3 Å². The average molecular weight is 592 g/mol. The maximum atomic E-state index is 8.66. The third-order valence-corrected chi connectivity index (χ3v) is 9.60. The summed E-state index contributed by atoms with van der Waals surface area (Å²) in [7, 11) is 1.99. The molecule has 0 atom stereocenters. The van der Waals surface area contributed by atoms with Crippen LogP contribution in [-0.2, 0) is 7.05 Å². The van der Waals surface area contributed by atoms with E-state index in [9.17, 15) is 0 Å². The highest BCUT2D eigenvalue weighted by molar-refractivity contribution is 7.11. The predicted octanol–water partition coefficient (Wildman–Crippen LogP) is 4.47. The van der Waals surface area contributed by atoms with Crippen LogP contribution in [0.25, 0.3) is 17.1 Å². The van der Waals surface area contributed by atoms with Crippen molar-refractivity contribution in [2.24, 2.45) is 7.05 Å². The standard InChI is InChI=1S/C41H41B2N2/c1-26-14-11-15-27(2)38(26)42-34-20-9-10-21-35(34)43(39-28(3)16-12-17-29(39)4)37-25-33(32(7)24-36(37)42)41-44(8)22-23-45(41)40-30(5)18-13-19-31(40)6/h9-25H,1-8H3/q+1/i1D3,3D3,4D3. The first-order chi connectivity index (χ1) is 25.3. The molecule has 2 heterocycles. The number of aromatic nitrogens is 2. The zero-order valence-corrected chi connectivity index (χ0v) is 26.4. The second kappa shape index (κ2) is 11.1. The van der Waals surface area contributed by atoms with Gasteiger partial charge in [-0.1, -0.05) is 146 Å². The van der Waals surface area contributed by atoms with E-state index in [1.165, 1.54) is 18.2 Å². The Morgan fingerprint density at radius 3 is 1.60 bits per heavy atom. The molecule has 6 aromatic rings. The van der Waals surface area contributed by atoms with Crippen molar-refractivity contribution in [1.29, 1.82) is 0 Å². The van der Waals surface area contributed by atoms with Crippen molar-refractivity contribution in [1.82, 2.24) is 4.57 Å². The van der Waals surface area contributed by atoms with Gasteiger partial charge in [-0.3, -0.25) is 0 Å². The zero-order valence-electron chi connectivity index (χ0n) is 35.4. The van der Waals surface area contributed by atoms with Crippen molar-refractivity contribution >= 4 is 46.2 Å². The van der Waals surface area contributed by atoms with Crippen molar-refractivity contribution in [2.45, 2.75) is 48.3 Å². The molecule has 0 bridgehead atoms. The molecular weight excluding hydrogens is 542 g/mol. The summed E-state index contributed by atoms with van der Waals surface area (Å²) < 4.78 is 82.0. The van der Waals surface area contributed by atoms with Crippen molar-refractivity contribution < 1.29 is 16.9 Å². The highest BCUT2D eigenvalue weighted by atomic mass is 15.1. The topological polar surface area (TPSA) is 8.81 Å². The number of nitrogens with zero attached hydrogens (tertiary/aromatic N) is 2. The minimum absolute atomic E-state index is 0.0222. The molecule has 0 saturated carbocycles. The number of fused-ring (bicyclic) bond motifs is 2. The number of hydrogen-bond acceptors (Lipinski definition) is 0.